The second kappa shape index (κ2) is 7.93. The van der Waals surface area contributed by atoms with Crippen molar-refractivity contribution in [2.75, 3.05) is 6.54 Å². The Bertz CT molecular complexity index is 625. The molecular weight excluding hydrogens is 284 g/mol. The molecule has 1 N–H and O–H groups in total. The van der Waals surface area contributed by atoms with Crippen molar-refractivity contribution in [2.45, 2.75) is 38.3 Å². The molecular formula is C20H24N2O. The molecule has 3 nitrogen and oxygen atoms in total. The number of nitrogens with zero attached hydrogens (tertiary/aromatic N) is 2. The van der Waals surface area contributed by atoms with Crippen LogP contribution in [-0.4, -0.2) is 28.4 Å². The van der Waals surface area contributed by atoms with Gasteiger partial charge in [0.1, 0.15) is 0 Å². The molecule has 0 bridgehead atoms. The Morgan fingerprint density at radius 1 is 0.957 bits per heavy atom. The van der Waals surface area contributed by atoms with Gasteiger partial charge in [-0.25, -0.2) is 0 Å². The zero-order valence-electron chi connectivity index (χ0n) is 13.4. The average Bonchev–Trinajstić information content (AvgIpc) is 3.09. The molecule has 0 aliphatic heterocycles. The fourth-order valence-electron chi connectivity index (χ4n) is 3.40. The molecule has 3 heteroatoms. The molecule has 1 aliphatic carbocycles. The zero-order chi connectivity index (χ0) is 15.9. The summed E-state index contributed by atoms with van der Waals surface area (Å²) in [6.45, 7) is 1.87. The standard InChI is InChI=1S/C20H24N2O/c23-21-19-12-7-13-20(19)22(16-18-10-5-2-6-11-18)15-14-17-8-3-1-4-9-17/h1-6,8-11,20,23H,7,12-16H2/b21-19+/t20-/m0/s1. The summed E-state index contributed by atoms with van der Waals surface area (Å²) < 4.78 is 0. The van der Waals surface area contributed by atoms with Gasteiger partial charge in [0, 0.05) is 13.1 Å². The number of hydrogen-bond donors (Lipinski definition) is 1. The lowest BCUT2D eigenvalue weighted by Crippen LogP contribution is -2.39. The van der Waals surface area contributed by atoms with E-state index < -0.39 is 0 Å². The van der Waals surface area contributed by atoms with E-state index in [1.54, 1.807) is 0 Å². The van der Waals surface area contributed by atoms with Crippen molar-refractivity contribution in [1.82, 2.24) is 4.90 Å². The second-order valence-electron chi connectivity index (χ2n) is 6.19. The third kappa shape index (κ3) is 4.20. The van der Waals surface area contributed by atoms with Gasteiger partial charge in [-0.1, -0.05) is 65.8 Å². The van der Waals surface area contributed by atoms with Gasteiger partial charge < -0.3 is 5.21 Å². The number of rotatable bonds is 6. The molecule has 1 saturated carbocycles. The van der Waals surface area contributed by atoms with Crippen LogP contribution in [0.4, 0.5) is 0 Å². The van der Waals surface area contributed by atoms with Crippen LogP contribution in [0.3, 0.4) is 0 Å². The lowest BCUT2D eigenvalue weighted by Gasteiger charge is -2.29. The summed E-state index contributed by atoms with van der Waals surface area (Å²) in [5.41, 5.74) is 3.60. The maximum absolute atomic E-state index is 9.30. The minimum atomic E-state index is 0.268. The van der Waals surface area contributed by atoms with Crippen LogP contribution in [0.1, 0.15) is 30.4 Å². The minimum absolute atomic E-state index is 0.268. The summed E-state index contributed by atoms with van der Waals surface area (Å²) >= 11 is 0. The third-order valence-corrected chi connectivity index (χ3v) is 4.62. The van der Waals surface area contributed by atoms with E-state index in [9.17, 15) is 5.21 Å². The van der Waals surface area contributed by atoms with Crippen LogP contribution in [0.2, 0.25) is 0 Å². The summed E-state index contributed by atoms with van der Waals surface area (Å²) in [6.07, 6.45) is 4.13. The van der Waals surface area contributed by atoms with Gasteiger partial charge in [-0.2, -0.15) is 0 Å². The van der Waals surface area contributed by atoms with Crippen LogP contribution < -0.4 is 0 Å². The molecule has 0 aromatic heterocycles. The normalized spacial score (nSPS) is 19.5. The second-order valence-corrected chi connectivity index (χ2v) is 6.19. The highest BCUT2D eigenvalue weighted by molar-refractivity contribution is 5.90. The van der Waals surface area contributed by atoms with Gasteiger partial charge in [0.05, 0.1) is 11.8 Å². The number of oxime groups is 1. The SMILES string of the molecule is O/N=C1\CCC[C@@H]1N(CCc1ccccc1)Cc1ccccc1. The smallest absolute Gasteiger partial charge is 0.0742 e. The Labute approximate surface area is 138 Å². The molecule has 1 aliphatic rings. The first kappa shape index (κ1) is 15.8. The van der Waals surface area contributed by atoms with E-state index in [4.69, 9.17) is 0 Å². The fourth-order valence-corrected chi connectivity index (χ4v) is 3.40. The molecule has 0 heterocycles. The van der Waals surface area contributed by atoms with Crippen molar-refractivity contribution >= 4 is 5.71 Å². The maximum Gasteiger partial charge on any atom is 0.0742 e. The molecule has 0 radical (unpaired) electrons. The topological polar surface area (TPSA) is 35.8 Å². The van der Waals surface area contributed by atoms with Gasteiger partial charge in [0.15, 0.2) is 0 Å². The average molecular weight is 308 g/mol. The molecule has 0 spiro atoms. The summed E-state index contributed by atoms with van der Waals surface area (Å²) in [5.74, 6) is 0. The first-order valence-electron chi connectivity index (χ1n) is 8.39. The molecule has 23 heavy (non-hydrogen) atoms. The Hall–Kier alpha value is -2.13. The first-order chi connectivity index (χ1) is 11.4. The van der Waals surface area contributed by atoms with Crippen molar-refractivity contribution in [3.63, 3.8) is 0 Å². The van der Waals surface area contributed by atoms with Crippen molar-refractivity contribution in [1.29, 1.82) is 0 Å². The van der Waals surface area contributed by atoms with Crippen LogP contribution in [0.25, 0.3) is 0 Å². The van der Waals surface area contributed by atoms with Crippen molar-refractivity contribution in [2.24, 2.45) is 5.16 Å². The van der Waals surface area contributed by atoms with Gasteiger partial charge in [-0.3, -0.25) is 4.90 Å². The van der Waals surface area contributed by atoms with Gasteiger partial charge in [-0.15, -0.1) is 0 Å². The molecule has 1 atom stereocenters. The first-order valence-corrected chi connectivity index (χ1v) is 8.39. The Balaban J connectivity index is 1.73. The monoisotopic (exact) mass is 308 g/mol. The van der Waals surface area contributed by atoms with E-state index >= 15 is 0 Å². The summed E-state index contributed by atoms with van der Waals surface area (Å²) in [7, 11) is 0. The van der Waals surface area contributed by atoms with Crippen molar-refractivity contribution in [3.05, 3.63) is 71.8 Å². The summed E-state index contributed by atoms with van der Waals surface area (Å²) in [6, 6.07) is 21.4. The molecule has 2 aromatic carbocycles. The van der Waals surface area contributed by atoms with Gasteiger partial charge >= 0.3 is 0 Å². The molecule has 0 amide bonds. The van der Waals surface area contributed by atoms with Crippen molar-refractivity contribution < 1.29 is 5.21 Å². The highest BCUT2D eigenvalue weighted by atomic mass is 16.4. The van der Waals surface area contributed by atoms with E-state index in [-0.39, 0.29) is 6.04 Å². The molecule has 1 fully saturated rings. The fraction of sp³-hybridized carbons (Fsp3) is 0.350. The van der Waals surface area contributed by atoms with Crippen LogP contribution >= 0.6 is 0 Å². The lowest BCUT2D eigenvalue weighted by atomic mass is 10.1. The molecule has 120 valence electrons. The van der Waals surface area contributed by atoms with Crippen LogP contribution in [-0.2, 0) is 13.0 Å². The molecule has 2 aromatic rings. The quantitative estimate of drug-likeness (QED) is 0.644. The molecule has 3 rings (SSSR count). The highest BCUT2D eigenvalue weighted by Gasteiger charge is 2.28. The zero-order valence-corrected chi connectivity index (χ0v) is 13.4. The number of hydrogen-bond acceptors (Lipinski definition) is 3. The minimum Gasteiger partial charge on any atom is -0.411 e. The van der Waals surface area contributed by atoms with Crippen molar-refractivity contribution in [3.8, 4) is 0 Å². The summed E-state index contributed by atoms with van der Waals surface area (Å²) in [5, 5.41) is 12.9. The largest absolute Gasteiger partial charge is 0.411 e. The Kier molecular flexibility index (Phi) is 5.43. The highest BCUT2D eigenvalue weighted by Crippen LogP contribution is 2.23. The van der Waals surface area contributed by atoms with Gasteiger partial charge in [-0.05, 0) is 36.8 Å². The predicted molar refractivity (Wildman–Crippen MR) is 93.9 cm³/mol. The number of benzene rings is 2. The Morgan fingerprint density at radius 3 is 2.26 bits per heavy atom. The van der Waals surface area contributed by atoms with E-state index in [0.29, 0.717) is 0 Å². The molecule has 0 unspecified atom stereocenters. The summed E-state index contributed by atoms with van der Waals surface area (Å²) in [4.78, 5) is 2.46. The van der Waals surface area contributed by atoms with Crippen LogP contribution in [0, 0.1) is 0 Å². The third-order valence-electron chi connectivity index (χ3n) is 4.62. The van der Waals surface area contributed by atoms with Gasteiger partial charge in [0.25, 0.3) is 0 Å². The van der Waals surface area contributed by atoms with Gasteiger partial charge in [0.2, 0.25) is 0 Å². The van der Waals surface area contributed by atoms with E-state index in [1.807, 2.05) is 6.07 Å². The maximum atomic E-state index is 9.30. The van der Waals surface area contributed by atoms with E-state index in [1.165, 1.54) is 11.1 Å². The van der Waals surface area contributed by atoms with E-state index in [0.717, 1.165) is 44.5 Å². The molecule has 0 saturated heterocycles. The van der Waals surface area contributed by atoms with Crippen LogP contribution in [0.5, 0.6) is 0 Å². The lowest BCUT2D eigenvalue weighted by molar-refractivity contribution is 0.228. The van der Waals surface area contributed by atoms with E-state index in [2.05, 4.69) is 64.7 Å². The van der Waals surface area contributed by atoms with Crippen LogP contribution in [0.15, 0.2) is 65.8 Å². The Morgan fingerprint density at radius 2 is 1.61 bits per heavy atom. The predicted octanol–water partition coefficient (Wildman–Crippen LogP) is 4.11.